The molecule has 0 saturated heterocycles. The average Bonchev–Trinajstić information content (AvgIpc) is 3.17. The molecule has 122 valence electrons. The number of aliphatic imine (C=N–C) groups is 1. The number of hydrogen-bond donors (Lipinski definition) is 2. The molecule has 1 heterocycles. The van der Waals surface area contributed by atoms with Crippen molar-refractivity contribution in [2.45, 2.75) is 31.6 Å². The van der Waals surface area contributed by atoms with E-state index in [-0.39, 0.29) is 0 Å². The van der Waals surface area contributed by atoms with Gasteiger partial charge in [-0.1, -0.05) is 30.3 Å². The van der Waals surface area contributed by atoms with Crippen molar-refractivity contribution in [2.75, 3.05) is 20.1 Å². The Kier molecular flexibility index (Phi) is 5.01. The lowest BCUT2D eigenvalue weighted by Crippen LogP contribution is -2.42. The summed E-state index contributed by atoms with van der Waals surface area (Å²) >= 11 is 1.81. The van der Waals surface area contributed by atoms with Crippen LogP contribution in [0, 0.1) is 6.92 Å². The summed E-state index contributed by atoms with van der Waals surface area (Å²) in [6, 6.07) is 13.0. The predicted molar refractivity (Wildman–Crippen MR) is 99.5 cm³/mol. The van der Waals surface area contributed by atoms with Crippen molar-refractivity contribution in [3.05, 3.63) is 57.8 Å². The Morgan fingerprint density at radius 3 is 2.65 bits per heavy atom. The Hall–Kier alpha value is -1.81. The first-order valence-electron chi connectivity index (χ1n) is 8.26. The molecule has 1 saturated carbocycles. The molecule has 4 heteroatoms. The molecule has 0 radical (unpaired) electrons. The summed E-state index contributed by atoms with van der Waals surface area (Å²) in [6.45, 7) is 4.08. The van der Waals surface area contributed by atoms with Crippen molar-refractivity contribution < 1.29 is 0 Å². The Bertz CT molecular complexity index is 657. The maximum absolute atomic E-state index is 4.35. The van der Waals surface area contributed by atoms with Gasteiger partial charge in [-0.05, 0) is 48.8 Å². The Morgan fingerprint density at radius 2 is 2.00 bits per heavy atom. The zero-order valence-corrected chi connectivity index (χ0v) is 14.7. The fourth-order valence-corrected chi connectivity index (χ4v) is 3.80. The van der Waals surface area contributed by atoms with Crippen molar-refractivity contribution in [1.82, 2.24) is 10.6 Å². The number of thiophene rings is 1. The summed E-state index contributed by atoms with van der Waals surface area (Å²) in [5.41, 5.74) is 3.19. The summed E-state index contributed by atoms with van der Waals surface area (Å²) in [5, 5.41) is 9.07. The van der Waals surface area contributed by atoms with E-state index in [4.69, 9.17) is 0 Å². The molecule has 3 nitrogen and oxygen atoms in total. The van der Waals surface area contributed by atoms with E-state index < -0.39 is 0 Å². The van der Waals surface area contributed by atoms with Gasteiger partial charge >= 0.3 is 0 Å². The third-order valence-corrected chi connectivity index (χ3v) is 5.57. The van der Waals surface area contributed by atoms with Crippen molar-refractivity contribution in [1.29, 1.82) is 0 Å². The van der Waals surface area contributed by atoms with Gasteiger partial charge in [-0.2, -0.15) is 0 Å². The monoisotopic (exact) mass is 327 g/mol. The zero-order valence-electron chi connectivity index (χ0n) is 13.9. The van der Waals surface area contributed by atoms with Crippen LogP contribution in [0.2, 0.25) is 0 Å². The first-order valence-corrected chi connectivity index (χ1v) is 9.14. The van der Waals surface area contributed by atoms with Crippen LogP contribution in [0.4, 0.5) is 0 Å². The van der Waals surface area contributed by atoms with Gasteiger partial charge in [-0.15, -0.1) is 11.3 Å². The molecule has 0 amide bonds. The van der Waals surface area contributed by atoms with Crippen LogP contribution in [0.25, 0.3) is 0 Å². The predicted octanol–water partition coefficient (Wildman–Crippen LogP) is 3.50. The lowest BCUT2D eigenvalue weighted by Gasteiger charge is -2.20. The standard InChI is InChI=1S/C19H25N3S/c1-15-6-3-4-8-17(15)19(10-11-19)14-22-18(20-2)21-12-9-16-7-5-13-23-16/h3-8,13H,9-12,14H2,1-2H3,(H2,20,21,22). The number of nitrogens with zero attached hydrogens (tertiary/aromatic N) is 1. The Balaban J connectivity index is 1.51. The quantitative estimate of drug-likeness (QED) is 0.629. The summed E-state index contributed by atoms with van der Waals surface area (Å²) in [6.07, 6.45) is 3.56. The van der Waals surface area contributed by atoms with Crippen molar-refractivity contribution >= 4 is 17.3 Å². The highest BCUT2D eigenvalue weighted by Crippen LogP contribution is 2.48. The second-order valence-electron chi connectivity index (χ2n) is 6.28. The molecule has 1 aliphatic carbocycles. The van der Waals surface area contributed by atoms with Crippen LogP contribution in [-0.2, 0) is 11.8 Å². The van der Waals surface area contributed by atoms with E-state index >= 15 is 0 Å². The lowest BCUT2D eigenvalue weighted by molar-refractivity contribution is 0.642. The lowest BCUT2D eigenvalue weighted by atomic mass is 9.92. The minimum Gasteiger partial charge on any atom is -0.356 e. The Labute approximate surface area is 142 Å². The van der Waals surface area contributed by atoms with Crippen LogP contribution < -0.4 is 10.6 Å². The molecular formula is C19H25N3S. The normalized spacial score (nSPS) is 16.2. The maximum atomic E-state index is 4.35. The first kappa shape index (κ1) is 16.1. The van der Waals surface area contributed by atoms with E-state index in [2.05, 4.69) is 64.3 Å². The molecule has 0 unspecified atom stereocenters. The molecule has 1 aromatic heterocycles. The molecule has 0 atom stereocenters. The van der Waals surface area contributed by atoms with Crippen molar-refractivity contribution in [3.8, 4) is 0 Å². The molecule has 23 heavy (non-hydrogen) atoms. The number of nitrogens with one attached hydrogen (secondary N) is 2. The maximum Gasteiger partial charge on any atom is 0.191 e. The van der Waals surface area contributed by atoms with Gasteiger partial charge in [-0.3, -0.25) is 4.99 Å². The largest absolute Gasteiger partial charge is 0.356 e. The van der Waals surface area contributed by atoms with Crippen molar-refractivity contribution in [2.24, 2.45) is 4.99 Å². The third-order valence-electron chi connectivity index (χ3n) is 4.63. The van der Waals surface area contributed by atoms with Crippen LogP contribution in [0.5, 0.6) is 0 Å². The van der Waals surface area contributed by atoms with Gasteiger partial charge in [0, 0.05) is 30.4 Å². The number of hydrogen-bond acceptors (Lipinski definition) is 2. The Morgan fingerprint density at radius 1 is 1.17 bits per heavy atom. The van der Waals surface area contributed by atoms with Gasteiger partial charge in [0.15, 0.2) is 5.96 Å². The molecule has 0 aliphatic heterocycles. The van der Waals surface area contributed by atoms with Gasteiger partial charge in [0.1, 0.15) is 0 Å². The van der Waals surface area contributed by atoms with Crippen LogP contribution in [0.1, 0.15) is 28.8 Å². The van der Waals surface area contributed by atoms with E-state index in [0.29, 0.717) is 5.41 Å². The summed E-state index contributed by atoms with van der Waals surface area (Å²) in [5.74, 6) is 0.904. The van der Waals surface area contributed by atoms with E-state index in [0.717, 1.165) is 25.5 Å². The molecule has 2 aromatic rings. The SMILES string of the molecule is CN=C(NCCc1cccs1)NCC1(c2ccccc2C)CC1. The molecule has 1 fully saturated rings. The number of rotatable bonds is 6. The summed E-state index contributed by atoms with van der Waals surface area (Å²) in [4.78, 5) is 5.76. The number of benzene rings is 1. The number of aryl methyl sites for hydroxylation is 1. The highest BCUT2D eigenvalue weighted by Gasteiger charge is 2.44. The molecule has 1 aromatic carbocycles. The van der Waals surface area contributed by atoms with Crippen LogP contribution in [-0.4, -0.2) is 26.1 Å². The topological polar surface area (TPSA) is 36.4 Å². The van der Waals surface area contributed by atoms with Crippen LogP contribution in [0.3, 0.4) is 0 Å². The van der Waals surface area contributed by atoms with Gasteiger partial charge in [0.05, 0.1) is 0 Å². The first-order chi connectivity index (χ1) is 11.2. The molecular weight excluding hydrogens is 302 g/mol. The van der Waals surface area contributed by atoms with Crippen molar-refractivity contribution in [3.63, 3.8) is 0 Å². The molecule has 0 bridgehead atoms. The van der Waals surface area contributed by atoms with Gasteiger partial charge < -0.3 is 10.6 Å². The van der Waals surface area contributed by atoms with E-state index in [9.17, 15) is 0 Å². The van der Waals surface area contributed by atoms with Gasteiger partial charge in [-0.25, -0.2) is 0 Å². The summed E-state index contributed by atoms with van der Waals surface area (Å²) < 4.78 is 0. The van der Waals surface area contributed by atoms with E-state index in [1.54, 1.807) is 0 Å². The van der Waals surface area contributed by atoms with Gasteiger partial charge in [0.2, 0.25) is 0 Å². The second-order valence-corrected chi connectivity index (χ2v) is 7.31. The highest BCUT2D eigenvalue weighted by atomic mass is 32.1. The van der Waals surface area contributed by atoms with E-state index in [1.807, 2.05) is 18.4 Å². The second kappa shape index (κ2) is 7.18. The fraction of sp³-hybridized carbons (Fsp3) is 0.421. The smallest absolute Gasteiger partial charge is 0.191 e. The van der Waals surface area contributed by atoms with Gasteiger partial charge in [0.25, 0.3) is 0 Å². The molecule has 3 rings (SSSR count). The van der Waals surface area contributed by atoms with Crippen LogP contribution >= 0.6 is 11.3 Å². The third kappa shape index (κ3) is 3.94. The minimum absolute atomic E-state index is 0.302. The number of guanidine groups is 1. The summed E-state index contributed by atoms with van der Waals surface area (Å²) in [7, 11) is 1.84. The fourth-order valence-electron chi connectivity index (χ4n) is 3.09. The highest BCUT2D eigenvalue weighted by molar-refractivity contribution is 7.09. The molecule has 0 spiro atoms. The minimum atomic E-state index is 0.302. The average molecular weight is 327 g/mol. The zero-order chi connectivity index (χ0) is 16.1. The molecule has 2 N–H and O–H groups in total. The molecule has 1 aliphatic rings. The van der Waals surface area contributed by atoms with Crippen LogP contribution in [0.15, 0.2) is 46.8 Å². The van der Waals surface area contributed by atoms with E-state index in [1.165, 1.54) is 28.8 Å².